The van der Waals surface area contributed by atoms with Gasteiger partial charge in [-0.1, -0.05) is 12.2 Å². The maximum Gasteiger partial charge on any atom is 0.123 e. The molecule has 0 amide bonds. The number of allylic oxidation sites excluding steroid dienone is 1. The average molecular weight is 240 g/mol. The predicted molar refractivity (Wildman–Crippen MR) is 70.5 cm³/mol. The third kappa shape index (κ3) is 3.78. The van der Waals surface area contributed by atoms with Crippen molar-refractivity contribution in [2.75, 3.05) is 18.5 Å². The minimum atomic E-state index is 0.467. The van der Waals surface area contributed by atoms with Gasteiger partial charge in [0.15, 0.2) is 0 Å². The molecule has 1 rings (SSSR count). The van der Waals surface area contributed by atoms with E-state index in [4.69, 9.17) is 16.3 Å². The number of halogens is 1. The highest BCUT2D eigenvalue weighted by Gasteiger charge is 2.03. The molecule has 0 fully saturated rings. The lowest BCUT2D eigenvalue weighted by Crippen LogP contribution is -2.00. The molecule has 3 heteroatoms. The van der Waals surface area contributed by atoms with E-state index in [1.54, 1.807) is 0 Å². The molecule has 2 nitrogen and oxygen atoms in total. The third-order valence-corrected chi connectivity index (χ3v) is 2.45. The molecule has 0 radical (unpaired) electrons. The first-order valence-corrected chi connectivity index (χ1v) is 6.02. The van der Waals surface area contributed by atoms with Crippen LogP contribution in [0.2, 0.25) is 0 Å². The largest absolute Gasteiger partial charge is 0.494 e. The predicted octanol–water partition coefficient (Wildman–Crippen LogP) is 3.81. The second kappa shape index (κ2) is 7.18. The van der Waals surface area contributed by atoms with Crippen LogP contribution < -0.4 is 10.1 Å². The molecule has 0 bridgehead atoms. The molecule has 0 aliphatic heterocycles. The smallest absolute Gasteiger partial charge is 0.123 e. The zero-order chi connectivity index (χ0) is 11.8. The van der Waals surface area contributed by atoms with E-state index in [9.17, 15) is 0 Å². The number of ether oxygens (including phenoxy) is 1. The Balaban J connectivity index is 2.73. The van der Waals surface area contributed by atoms with Gasteiger partial charge in [0.1, 0.15) is 5.75 Å². The van der Waals surface area contributed by atoms with Crippen LogP contribution in [0.3, 0.4) is 0 Å². The zero-order valence-electron chi connectivity index (χ0n) is 9.79. The Labute approximate surface area is 102 Å². The van der Waals surface area contributed by atoms with Crippen LogP contribution >= 0.6 is 11.6 Å². The molecular formula is C13H18ClNO. The summed E-state index contributed by atoms with van der Waals surface area (Å²) in [4.78, 5) is 0. The Kier molecular flexibility index (Phi) is 5.79. The fourth-order valence-corrected chi connectivity index (χ4v) is 1.59. The molecule has 88 valence electrons. The molecule has 0 heterocycles. The normalized spacial score (nSPS) is 10.7. The summed E-state index contributed by atoms with van der Waals surface area (Å²) < 4.78 is 5.48. The van der Waals surface area contributed by atoms with Gasteiger partial charge < -0.3 is 10.1 Å². The highest BCUT2D eigenvalue weighted by atomic mass is 35.5. The number of benzene rings is 1. The lowest BCUT2D eigenvalue weighted by atomic mass is 10.2. The van der Waals surface area contributed by atoms with Gasteiger partial charge in [-0.05, 0) is 32.0 Å². The van der Waals surface area contributed by atoms with Crippen LogP contribution in [0.1, 0.15) is 19.4 Å². The van der Waals surface area contributed by atoms with E-state index in [-0.39, 0.29) is 0 Å². The molecule has 0 spiro atoms. The maximum atomic E-state index is 5.88. The first kappa shape index (κ1) is 12.9. The summed E-state index contributed by atoms with van der Waals surface area (Å²) >= 11 is 5.88. The summed E-state index contributed by atoms with van der Waals surface area (Å²) in [5.74, 6) is 1.34. The topological polar surface area (TPSA) is 21.3 Å². The molecule has 0 aliphatic carbocycles. The molecular weight excluding hydrogens is 222 g/mol. The van der Waals surface area contributed by atoms with Crippen molar-refractivity contribution < 1.29 is 4.74 Å². The minimum Gasteiger partial charge on any atom is -0.494 e. The molecule has 1 N–H and O–H groups in total. The molecule has 0 aliphatic rings. The maximum absolute atomic E-state index is 5.88. The molecule has 1 aromatic carbocycles. The van der Waals surface area contributed by atoms with E-state index in [2.05, 4.69) is 11.4 Å². The van der Waals surface area contributed by atoms with Crippen molar-refractivity contribution in [1.29, 1.82) is 0 Å². The van der Waals surface area contributed by atoms with Crippen LogP contribution in [-0.2, 0) is 5.88 Å². The van der Waals surface area contributed by atoms with Gasteiger partial charge in [0, 0.05) is 17.8 Å². The van der Waals surface area contributed by atoms with E-state index >= 15 is 0 Å². The number of anilines is 1. The molecule has 0 atom stereocenters. The van der Waals surface area contributed by atoms with Crippen LogP contribution in [0.4, 0.5) is 5.69 Å². The molecule has 0 aromatic heterocycles. The zero-order valence-corrected chi connectivity index (χ0v) is 10.6. The lowest BCUT2D eigenvalue weighted by molar-refractivity contribution is 0.337. The van der Waals surface area contributed by atoms with Crippen LogP contribution in [-0.4, -0.2) is 13.2 Å². The van der Waals surface area contributed by atoms with Crippen LogP contribution in [0, 0.1) is 0 Å². The third-order valence-electron chi connectivity index (χ3n) is 2.16. The monoisotopic (exact) mass is 239 g/mol. The van der Waals surface area contributed by atoms with Crippen molar-refractivity contribution in [2.45, 2.75) is 19.7 Å². The fraction of sp³-hybridized carbons (Fsp3) is 0.385. The Morgan fingerprint density at radius 3 is 2.88 bits per heavy atom. The highest BCUT2D eigenvalue weighted by molar-refractivity contribution is 6.17. The summed E-state index contributed by atoms with van der Waals surface area (Å²) in [5, 5.41) is 3.29. The average Bonchev–Trinajstić information content (AvgIpc) is 2.31. The van der Waals surface area contributed by atoms with Gasteiger partial charge in [0.2, 0.25) is 0 Å². The second-order valence-corrected chi connectivity index (χ2v) is 3.61. The molecule has 0 saturated carbocycles. The van der Waals surface area contributed by atoms with Crippen LogP contribution in [0.5, 0.6) is 5.75 Å². The number of hydrogen-bond donors (Lipinski definition) is 1. The van der Waals surface area contributed by atoms with Crippen molar-refractivity contribution in [2.24, 2.45) is 0 Å². The SMILES string of the molecule is C/C=C/CNc1ccc(OCC)c(CCl)c1. The summed E-state index contributed by atoms with van der Waals surface area (Å²) in [5.41, 5.74) is 2.09. The number of hydrogen-bond acceptors (Lipinski definition) is 2. The Hall–Kier alpha value is -1.15. The van der Waals surface area contributed by atoms with Gasteiger partial charge in [0.25, 0.3) is 0 Å². The molecule has 0 unspecified atom stereocenters. The summed E-state index contributed by atoms with van der Waals surface area (Å²) in [7, 11) is 0. The number of rotatable bonds is 6. The summed E-state index contributed by atoms with van der Waals surface area (Å²) in [6.45, 7) is 5.46. The van der Waals surface area contributed by atoms with E-state index in [1.807, 2.05) is 38.1 Å². The lowest BCUT2D eigenvalue weighted by Gasteiger charge is -2.10. The minimum absolute atomic E-state index is 0.467. The Bertz CT molecular complexity index is 350. The Morgan fingerprint density at radius 2 is 2.25 bits per heavy atom. The van der Waals surface area contributed by atoms with Crippen LogP contribution in [0.25, 0.3) is 0 Å². The first-order valence-electron chi connectivity index (χ1n) is 5.48. The van der Waals surface area contributed by atoms with Crippen molar-refractivity contribution >= 4 is 17.3 Å². The summed E-state index contributed by atoms with van der Waals surface area (Å²) in [6.07, 6.45) is 4.08. The number of nitrogens with one attached hydrogen (secondary N) is 1. The second-order valence-electron chi connectivity index (χ2n) is 3.34. The molecule has 0 saturated heterocycles. The van der Waals surface area contributed by atoms with E-state index in [0.717, 1.165) is 23.5 Å². The summed E-state index contributed by atoms with van der Waals surface area (Å²) in [6, 6.07) is 5.99. The van der Waals surface area contributed by atoms with Crippen molar-refractivity contribution in [3.05, 3.63) is 35.9 Å². The van der Waals surface area contributed by atoms with Crippen LogP contribution in [0.15, 0.2) is 30.4 Å². The molecule has 1 aromatic rings. The number of alkyl halides is 1. The van der Waals surface area contributed by atoms with Crippen molar-refractivity contribution in [3.63, 3.8) is 0 Å². The first-order chi connectivity index (χ1) is 7.81. The Morgan fingerprint density at radius 1 is 1.44 bits per heavy atom. The van der Waals surface area contributed by atoms with E-state index in [1.165, 1.54) is 0 Å². The van der Waals surface area contributed by atoms with Crippen molar-refractivity contribution in [1.82, 2.24) is 0 Å². The van der Waals surface area contributed by atoms with Gasteiger partial charge in [-0.3, -0.25) is 0 Å². The van der Waals surface area contributed by atoms with E-state index < -0.39 is 0 Å². The van der Waals surface area contributed by atoms with Gasteiger partial charge in [-0.15, -0.1) is 11.6 Å². The molecule has 16 heavy (non-hydrogen) atoms. The van der Waals surface area contributed by atoms with Gasteiger partial charge >= 0.3 is 0 Å². The standard InChI is InChI=1S/C13H18ClNO/c1-3-5-8-15-12-6-7-13(16-4-2)11(9-12)10-14/h3,5-7,9,15H,4,8,10H2,1-2H3/b5-3+. The van der Waals surface area contributed by atoms with Crippen molar-refractivity contribution in [3.8, 4) is 5.75 Å². The van der Waals surface area contributed by atoms with Gasteiger partial charge in [0.05, 0.1) is 12.5 Å². The quantitative estimate of drug-likeness (QED) is 0.602. The van der Waals surface area contributed by atoms with Gasteiger partial charge in [-0.2, -0.15) is 0 Å². The van der Waals surface area contributed by atoms with E-state index in [0.29, 0.717) is 12.5 Å². The highest BCUT2D eigenvalue weighted by Crippen LogP contribution is 2.24. The fourth-order valence-electron chi connectivity index (χ4n) is 1.38. The van der Waals surface area contributed by atoms with Gasteiger partial charge in [-0.25, -0.2) is 0 Å².